The van der Waals surface area contributed by atoms with Crippen molar-refractivity contribution < 1.29 is 36.8 Å². The first-order valence-electron chi connectivity index (χ1n) is 9.95. The maximum Gasteiger partial charge on any atom is 0.394 e. The third kappa shape index (κ3) is 52.3. The molecule has 0 unspecified atom stereocenters. The van der Waals surface area contributed by atoms with Crippen molar-refractivity contribution >= 4 is 10.4 Å². The molecule has 10 nitrogen and oxygen atoms in total. The largest absolute Gasteiger partial charge is 0.394 e. The lowest BCUT2D eigenvalue weighted by Crippen LogP contribution is -2.11. The van der Waals surface area contributed by atoms with Crippen LogP contribution >= 0.6 is 0 Å². The van der Waals surface area contributed by atoms with Crippen LogP contribution in [0.5, 0.6) is 0 Å². The predicted molar refractivity (Wildman–Crippen MR) is 116 cm³/mol. The molecule has 0 bridgehead atoms. The van der Waals surface area contributed by atoms with E-state index in [-0.39, 0.29) is 18.9 Å². The van der Waals surface area contributed by atoms with E-state index in [0.717, 1.165) is 13.0 Å². The first kappa shape index (κ1) is 36.0. The number of unbranched alkanes of at least 4 members (excludes halogenated alkanes) is 9. The van der Waals surface area contributed by atoms with E-state index in [9.17, 15) is 0 Å². The number of aliphatic hydroxyl groups is 1. The molecule has 11 heteroatoms. The van der Waals surface area contributed by atoms with E-state index in [0.29, 0.717) is 33.0 Å². The highest BCUT2D eigenvalue weighted by molar-refractivity contribution is 7.79. The van der Waals surface area contributed by atoms with Crippen molar-refractivity contribution in [1.82, 2.24) is 12.3 Å². The van der Waals surface area contributed by atoms with Gasteiger partial charge in [-0.25, -0.2) is 0 Å². The van der Waals surface area contributed by atoms with Gasteiger partial charge in [0.15, 0.2) is 0 Å². The summed E-state index contributed by atoms with van der Waals surface area (Å²) >= 11 is 0. The van der Waals surface area contributed by atoms with Gasteiger partial charge in [-0.05, 0) is 6.42 Å². The lowest BCUT2D eigenvalue weighted by Gasteiger charge is -2.06. The molecular weight excluding hydrogens is 404 g/mol. The molecule has 0 aliphatic rings. The van der Waals surface area contributed by atoms with Gasteiger partial charge in [0.2, 0.25) is 0 Å². The monoisotopic (exact) mass is 450 g/mol. The average Bonchev–Trinajstić information content (AvgIpc) is 2.59. The zero-order valence-electron chi connectivity index (χ0n) is 18.2. The Morgan fingerprint density at radius 2 is 0.897 bits per heavy atom. The molecule has 0 heterocycles. The van der Waals surface area contributed by atoms with E-state index in [1.165, 1.54) is 57.8 Å². The summed E-state index contributed by atoms with van der Waals surface area (Å²) in [5.41, 5.74) is 0. The number of aliphatic hydroxyl groups excluding tert-OH is 1. The van der Waals surface area contributed by atoms with Gasteiger partial charge in [0.1, 0.15) is 0 Å². The molecule has 0 aromatic rings. The summed E-state index contributed by atoms with van der Waals surface area (Å²) in [5, 5.41) is 8.52. The molecule has 0 atom stereocenters. The Balaban J connectivity index is -0.000000396. The summed E-state index contributed by atoms with van der Waals surface area (Å²) in [6.45, 7) is 5.97. The Morgan fingerprint density at radius 1 is 0.586 bits per heavy atom. The van der Waals surface area contributed by atoms with Gasteiger partial charge in [0, 0.05) is 6.61 Å². The van der Waals surface area contributed by atoms with Crippen molar-refractivity contribution in [3.05, 3.63) is 0 Å². The Morgan fingerprint density at radius 3 is 1.28 bits per heavy atom. The molecule has 0 fully saturated rings. The molecule has 182 valence electrons. The van der Waals surface area contributed by atoms with Crippen LogP contribution in [0.25, 0.3) is 0 Å². The van der Waals surface area contributed by atoms with E-state index in [4.69, 9.17) is 36.8 Å². The summed E-state index contributed by atoms with van der Waals surface area (Å²) in [5.74, 6) is 0. The summed E-state index contributed by atoms with van der Waals surface area (Å²) < 4.78 is 47.5. The number of hydrogen-bond acceptors (Lipinski definition) is 8. The smallest absolute Gasteiger partial charge is 0.394 e. The van der Waals surface area contributed by atoms with Gasteiger partial charge in [-0.3, -0.25) is 9.11 Å². The SMILES string of the molecule is CCCCCCCCCCCCOCCOCCOCCO.N.N.O=S(=O)(O)O. The Bertz CT molecular complexity index is 345. The highest BCUT2D eigenvalue weighted by Gasteiger charge is 1.94. The van der Waals surface area contributed by atoms with Crippen LogP contribution in [-0.2, 0) is 24.6 Å². The highest BCUT2D eigenvalue weighted by Crippen LogP contribution is 2.10. The van der Waals surface area contributed by atoms with Crippen LogP contribution in [0.15, 0.2) is 0 Å². The van der Waals surface area contributed by atoms with Gasteiger partial charge >= 0.3 is 10.4 Å². The normalized spacial score (nSPS) is 10.5. The first-order valence-corrected chi connectivity index (χ1v) is 11.4. The fourth-order valence-corrected chi connectivity index (χ4v) is 2.30. The molecule has 0 aromatic carbocycles. The van der Waals surface area contributed by atoms with Crippen molar-refractivity contribution in [2.45, 2.75) is 71.1 Å². The molecule has 0 aromatic heterocycles. The third-order valence-electron chi connectivity index (χ3n) is 3.62. The molecule has 0 saturated carbocycles. The molecule has 9 N–H and O–H groups in total. The van der Waals surface area contributed by atoms with Crippen molar-refractivity contribution in [3.8, 4) is 0 Å². The summed E-state index contributed by atoms with van der Waals surface area (Å²) in [7, 11) is -4.67. The summed E-state index contributed by atoms with van der Waals surface area (Å²) in [6.07, 6.45) is 13.5. The minimum Gasteiger partial charge on any atom is -0.394 e. The fourth-order valence-electron chi connectivity index (χ4n) is 2.30. The van der Waals surface area contributed by atoms with Crippen molar-refractivity contribution in [2.75, 3.05) is 46.2 Å². The van der Waals surface area contributed by atoms with E-state index in [1.807, 2.05) is 0 Å². The standard InChI is InChI=1S/C18H38O4.2H3N.H2O4S/c1-2-3-4-5-6-7-8-9-10-11-13-20-15-17-22-18-16-21-14-12-19;;;1-5(2,3)4/h19H,2-18H2,1H3;2*1H3;(H2,1,2,3,4). The van der Waals surface area contributed by atoms with E-state index >= 15 is 0 Å². The predicted octanol–water partition coefficient (Wildman–Crippen LogP) is 3.62. The lowest BCUT2D eigenvalue weighted by molar-refractivity contribution is 0.00719. The second-order valence-corrected chi connectivity index (χ2v) is 7.09. The summed E-state index contributed by atoms with van der Waals surface area (Å²) in [4.78, 5) is 0. The van der Waals surface area contributed by atoms with Crippen LogP contribution in [0.2, 0.25) is 0 Å². The minimum absolute atomic E-state index is 0. The van der Waals surface area contributed by atoms with Gasteiger partial charge in [0.05, 0.1) is 39.6 Å². The Kier molecular flexibility index (Phi) is 37.1. The fraction of sp³-hybridized carbons (Fsp3) is 1.00. The quantitative estimate of drug-likeness (QED) is 0.143. The maximum absolute atomic E-state index is 8.74. The topological polar surface area (TPSA) is 193 Å². The highest BCUT2D eigenvalue weighted by atomic mass is 32.3. The zero-order valence-corrected chi connectivity index (χ0v) is 19.0. The number of ether oxygens (including phenoxy) is 3. The zero-order chi connectivity index (χ0) is 20.6. The van der Waals surface area contributed by atoms with E-state index in [1.54, 1.807) is 0 Å². The lowest BCUT2D eigenvalue weighted by atomic mass is 10.1. The van der Waals surface area contributed by atoms with Crippen LogP contribution in [0.4, 0.5) is 0 Å². The minimum atomic E-state index is -4.67. The van der Waals surface area contributed by atoms with E-state index in [2.05, 4.69) is 6.92 Å². The van der Waals surface area contributed by atoms with Crippen molar-refractivity contribution in [2.24, 2.45) is 0 Å². The Labute approximate surface area is 177 Å². The molecular formula is C18H46N2O8S. The van der Waals surface area contributed by atoms with Crippen molar-refractivity contribution in [1.29, 1.82) is 0 Å². The van der Waals surface area contributed by atoms with Crippen LogP contribution in [-0.4, -0.2) is 68.9 Å². The number of rotatable bonds is 19. The summed E-state index contributed by atoms with van der Waals surface area (Å²) in [6, 6.07) is 0. The average molecular weight is 451 g/mol. The van der Waals surface area contributed by atoms with Gasteiger partial charge in [-0.15, -0.1) is 0 Å². The molecule has 0 aliphatic heterocycles. The van der Waals surface area contributed by atoms with Crippen LogP contribution in [0.1, 0.15) is 71.1 Å². The number of hydrogen-bond donors (Lipinski definition) is 5. The molecule has 0 amide bonds. The maximum atomic E-state index is 8.74. The van der Waals surface area contributed by atoms with Crippen molar-refractivity contribution in [3.63, 3.8) is 0 Å². The molecule has 0 spiro atoms. The van der Waals surface area contributed by atoms with Gasteiger partial charge < -0.3 is 31.6 Å². The van der Waals surface area contributed by atoms with Crippen LogP contribution in [0.3, 0.4) is 0 Å². The second-order valence-electron chi connectivity index (χ2n) is 6.19. The van der Waals surface area contributed by atoms with E-state index < -0.39 is 10.4 Å². The molecule has 0 aliphatic carbocycles. The van der Waals surface area contributed by atoms with Crippen LogP contribution < -0.4 is 12.3 Å². The van der Waals surface area contributed by atoms with Gasteiger partial charge in [0.25, 0.3) is 0 Å². The Hall–Kier alpha value is -0.370. The van der Waals surface area contributed by atoms with Gasteiger partial charge in [-0.2, -0.15) is 8.42 Å². The van der Waals surface area contributed by atoms with Crippen LogP contribution in [0, 0.1) is 0 Å². The molecule has 0 rings (SSSR count). The first-order chi connectivity index (χ1) is 12.9. The molecule has 0 saturated heterocycles. The molecule has 29 heavy (non-hydrogen) atoms. The second kappa shape index (κ2) is 29.8. The third-order valence-corrected chi connectivity index (χ3v) is 3.62. The molecule has 0 radical (unpaired) electrons. The van der Waals surface area contributed by atoms with Gasteiger partial charge in [-0.1, -0.05) is 64.7 Å².